The van der Waals surface area contributed by atoms with Gasteiger partial charge in [-0.25, -0.2) is 4.79 Å². The predicted molar refractivity (Wildman–Crippen MR) is 81.8 cm³/mol. The van der Waals surface area contributed by atoms with Crippen molar-refractivity contribution in [2.45, 2.75) is 19.9 Å². The maximum absolute atomic E-state index is 12.1. The van der Waals surface area contributed by atoms with E-state index in [0.29, 0.717) is 31.9 Å². The number of nitrogen functional groups attached to an aromatic ring is 1. The first kappa shape index (κ1) is 15.6. The number of aromatic amines is 1. The first-order valence-corrected chi connectivity index (χ1v) is 7.29. The maximum Gasteiger partial charge on any atom is 0.330 e. The van der Waals surface area contributed by atoms with Gasteiger partial charge >= 0.3 is 5.69 Å². The van der Waals surface area contributed by atoms with Gasteiger partial charge in [0, 0.05) is 32.7 Å². The van der Waals surface area contributed by atoms with Crippen molar-refractivity contribution in [3.8, 4) is 0 Å². The van der Waals surface area contributed by atoms with Gasteiger partial charge in [-0.05, 0) is 19.9 Å². The molecule has 0 radical (unpaired) electrons. The zero-order chi connectivity index (χ0) is 15.4. The zero-order valence-electron chi connectivity index (χ0n) is 12.3. The summed E-state index contributed by atoms with van der Waals surface area (Å²) in [7, 11) is 0. The summed E-state index contributed by atoms with van der Waals surface area (Å²) in [4.78, 5) is 30.2. The van der Waals surface area contributed by atoms with E-state index in [1.165, 1.54) is 4.57 Å². The van der Waals surface area contributed by atoms with E-state index in [2.05, 4.69) is 9.88 Å². The molecule has 1 saturated heterocycles. The SMILES string of the molecule is CCn1c(N)c(N2CCCN(CCO)CC2)c(=O)[nH]c1=O. The van der Waals surface area contributed by atoms with Gasteiger partial charge < -0.3 is 15.7 Å². The van der Waals surface area contributed by atoms with E-state index in [-0.39, 0.29) is 12.4 Å². The zero-order valence-corrected chi connectivity index (χ0v) is 12.3. The third kappa shape index (κ3) is 3.27. The Bertz CT molecular complexity index is 594. The molecule has 0 spiro atoms. The molecule has 8 nitrogen and oxygen atoms in total. The molecule has 1 aromatic heterocycles. The average molecular weight is 297 g/mol. The third-order valence-electron chi connectivity index (χ3n) is 3.85. The Morgan fingerprint density at radius 1 is 1.24 bits per heavy atom. The Kier molecular flexibility index (Phi) is 5.03. The lowest BCUT2D eigenvalue weighted by atomic mass is 10.3. The van der Waals surface area contributed by atoms with E-state index in [0.717, 1.165) is 19.5 Å². The fourth-order valence-corrected chi connectivity index (χ4v) is 2.76. The second kappa shape index (κ2) is 6.77. The molecule has 0 aromatic carbocycles. The highest BCUT2D eigenvalue weighted by molar-refractivity contribution is 5.62. The standard InChI is InChI=1S/C13H23N5O3/c1-2-18-11(14)10(12(20)15-13(18)21)17-5-3-4-16(6-7-17)8-9-19/h19H,2-9,14H2,1H3,(H,15,20,21). The van der Waals surface area contributed by atoms with E-state index in [1.54, 1.807) is 0 Å². The van der Waals surface area contributed by atoms with Crippen LogP contribution in [0.2, 0.25) is 0 Å². The van der Waals surface area contributed by atoms with Crippen LogP contribution in [-0.4, -0.2) is 58.9 Å². The van der Waals surface area contributed by atoms with Gasteiger partial charge in [-0.1, -0.05) is 0 Å². The number of rotatable bonds is 4. The number of hydrogen-bond acceptors (Lipinski definition) is 6. The summed E-state index contributed by atoms with van der Waals surface area (Å²) in [6, 6.07) is 0. The average Bonchev–Trinajstić information content (AvgIpc) is 2.65. The molecule has 0 bridgehead atoms. The molecule has 1 aliphatic heterocycles. The van der Waals surface area contributed by atoms with Crippen molar-refractivity contribution in [1.29, 1.82) is 0 Å². The van der Waals surface area contributed by atoms with Crippen molar-refractivity contribution < 1.29 is 5.11 Å². The Morgan fingerprint density at radius 3 is 2.67 bits per heavy atom. The van der Waals surface area contributed by atoms with Gasteiger partial charge in [-0.3, -0.25) is 19.2 Å². The van der Waals surface area contributed by atoms with Crippen LogP contribution in [0.1, 0.15) is 13.3 Å². The first-order valence-electron chi connectivity index (χ1n) is 7.29. The smallest absolute Gasteiger partial charge is 0.330 e. The Labute approximate surface area is 122 Å². The number of nitrogens with zero attached hydrogens (tertiary/aromatic N) is 3. The van der Waals surface area contributed by atoms with Crippen molar-refractivity contribution in [2.24, 2.45) is 0 Å². The number of β-amino-alcohol motifs (C(OH)–C–C–N with tert-alkyl or cyclic N) is 1. The summed E-state index contributed by atoms with van der Waals surface area (Å²) in [6.45, 7) is 5.97. The summed E-state index contributed by atoms with van der Waals surface area (Å²) in [5, 5.41) is 9.01. The molecular formula is C13H23N5O3. The van der Waals surface area contributed by atoms with E-state index in [9.17, 15) is 9.59 Å². The highest BCUT2D eigenvalue weighted by Gasteiger charge is 2.21. The van der Waals surface area contributed by atoms with E-state index in [1.807, 2.05) is 11.8 Å². The number of aliphatic hydroxyl groups is 1. The number of nitrogens with two attached hydrogens (primary N) is 1. The van der Waals surface area contributed by atoms with Crippen LogP contribution in [0.3, 0.4) is 0 Å². The topological polar surface area (TPSA) is 108 Å². The van der Waals surface area contributed by atoms with Gasteiger partial charge in [0.25, 0.3) is 5.56 Å². The predicted octanol–water partition coefficient (Wildman–Crippen LogP) is -1.36. The van der Waals surface area contributed by atoms with Crippen LogP contribution in [0.15, 0.2) is 9.59 Å². The van der Waals surface area contributed by atoms with Crippen molar-refractivity contribution >= 4 is 11.5 Å². The molecule has 0 aliphatic carbocycles. The molecule has 8 heteroatoms. The molecule has 0 saturated carbocycles. The summed E-state index contributed by atoms with van der Waals surface area (Å²) in [6.07, 6.45) is 0.879. The molecule has 4 N–H and O–H groups in total. The molecule has 0 amide bonds. The summed E-state index contributed by atoms with van der Waals surface area (Å²) >= 11 is 0. The minimum Gasteiger partial charge on any atom is -0.395 e. The third-order valence-corrected chi connectivity index (χ3v) is 3.85. The largest absolute Gasteiger partial charge is 0.395 e. The number of nitrogens with one attached hydrogen (secondary N) is 1. The summed E-state index contributed by atoms with van der Waals surface area (Å²) in [5.74, 6) is 0.224. The van der Waals surface area contributed by atoms with Gasteiger partial charge in [-0.15, -0.1) is 0 Å². The lowest BCUT2D eigenvalue weighted by molar-refractivity contribution is 0.204. The Hall–Kier alpha value is -1.80. The molecule has 21 heavy (non-hydrogen) atoms. The van der Waals surface area contributed by atoms with E-state index >= 15 is 0 Å². The molecular weight excluding hydrogens is 274 g/mol. The van der Waals surface area contributed by atoms with E-state index in [4.69, 9.17) is 10.8 Å². The molecule has 118 valence electrons. The van der Waals surface area contributed by atoms with Crippen LogP contribution >= 0.6 is 0 Å². The molecule has 1 fully saturated rings. The molecule has 2 rings (SSSR count). The second-order valence-corrected chi connectivity index (χ2v) is 5.14. The van der Waals surface area contributed by atoms with Crippen molar-refractivity contribution in [3.63, 3.8) is 0 Å². The van der Waals surface area contributed by atoms with Crippen LogP contribution in [0, 0.1) is 0 Å². The van der Waals surface area contributed by atoms with Gasteiger partial charge in [0.15, 0.2) is 0 Å². The minimum atomic E-state index is -0.472. The van der Waals surface area contributed by atoms with Crippen LogP contribution in [0.25, 0.3) is 0 Å². The lowest BCUT2D eigenvalue weighted by Gasteiger charge is -2.24. The lowest BCUT2D eigenvalue weighted by Crippen LogP contribution is -2.40. The van der Waals surface area contributed by atoms with E-state index < -0.39 is 11.2 Å². The van der Waals surface area contributed by atoms with Crippen molar-refractivity contribution in [3.05, 3.63) is 20.8 Å². The molecule has 0 unspecified atom stereocenters. The van der Waals surface area contributed by atoms with Crippen molar-refractivity contribution in [2.75, 3.05) is 50.0 Å². The van der Waals surface area contributed by atoms with Gasteiger partial charge in [-0.2, -0.15) is 0 Å². The first-order chi connectivity index (χ1) is 10.1. The number of aliphatic hydroxyl groups excluding tert-OH is 1. The van der Waals surface area contributed by atoms with Crippen LogP contribution < -0.4 is 21.9 Å². The van der Waals surface area contributed by atoms with Gasteiger partial charge in [0.2, 0.25) is 0 Å². The van der Waals surface area contributed by atoms with Crippen molar-refractivity contribution in [1.82, 2.24) is 14.5 Å². The molecule has 1 aromatic rings. The van der Waals surface area contributed by atoms with Crippen LogP contribution in [-0.2, 0) is 6.54 Å². The Balaban J connectivity index is 2.30. The normalized spacial score (nSPS) is 17.0. The fourth-order valence-electron chi connectivity index (χ4n) is 2.76. The number of hydrogen-bond donors (Lipinski definition) is 3. The maximum atomic E-state index is 12.1. The highest BCUT2D eigenvalue weighted by Crippen LogP contribution is 2.18. The molecule has 1 aliphatic rings. The number of anilines is 2. The van der Waals surface area contributed by atoms with Crippen LogP contribution in [0.4, 0.5) is 11.5 Å². The number of aromatic nitrogens is 2. The molecule has 2 heterocycles. The van der Waals surface area contributed by atoms with Gasteiger partial charge in [0.1, 0.15) is 11.5 Å². The van der Waals surface area contributed by atoms with Crippen LogP contribution in [0.5, 0.6) is 0 Å². The summed E-state index contributed by atoms with van der Waals surface area (Å²) < 4.78 is 1.37. The quantitative estimate of drug-likeness (QED) is 0.634. The number of H-pyrrole nitrogens is 1. The molecule has 0 atom stereocenters. The summed E-state index contributed by atoms with van der Waals surface area (Å²) in [5.41, 5.74) is 5.49. The monoisotopic (exact) mass is 297 g/mol. The minimum absolute atomic E-state index is 0.128. The Morgan fingerprint density at radius 2 is 2.00 bits per heavy atom. The second-order valence-electron chi connectivity index (χ2n) is 5.14. The van der Waals surface area contributed by atoms with Gasteiger partial charge in [0.05, 0.1) is 6.61 Å². The highest BCUT2D eigenvalue weighted by atomic mass is 16.3. The fraction of sp³-hybridized carbons (Fsp3) is 0.692.